The fraction of sp³-hybridized carbons (Fsp3) is 0.278. The van der Waals surface area contributed by atoms with Crippen LogP contribution >= 0.6 is 11.6 Å². The highest BCUT2D eigenvalue weighted by molar-refractivity contribution is 6.30. The Kier molecular flexibility index (Phi) is 4.22. The lowest BCUT2D eigenvalue weighted by Crippen LogP contribution is -2.13. The summed E-state index contributed by atoms with van der Waals surface area (Å²) in [6, 6.07) is 1.73. The van der Waals surface area contributed by atoms with Gasteiger partial charge in [-0.2, -0.15) is 5.10 Å². The lowest BCUT2D eigenvalue weighted by Gasteiger charge is -2.06. The van der Waals surface area contributed by atoms with E-state index in [2.05, 4.69) is 10.1 Å². The monoisotopic (exact) mass is 393 g/mol. The van der Waals surface area contributed by atoms with Crippen LogP contribution in [-0.2, 0) is 4.74 Å². The number of H-pyrrole nitrogens is 1. The quantitative estimate of drug-likeness (QED) is 0.542. The van der Waals surface area contributed by atoms with Crippen molar-refractivity contribution in [3.05, 3.63) is 56.6 Å². The predicted molar refractivity (Wildman–Crippen MR) is 94.1 cm³/mol. The molecule has 0 unspecified atom stereocenters. The van der Waals surface area contributed by atoms with Crippen LogP contribution in [0, 0.1) is 11.6 Å². The van der Waals surface area contributed by atoms with Gasteiger partial charge in [-0.05, 0) is 37.8 Å². The molecule has 1 aliphatic carbocycles. The highest BCUT2D eigenvalue weighted by Gasteiger charge is 2.34. The van der Waals surface area contributed by atoms with E-state index in [1.54, 1.807) is 6.92 Å². The molecule has 1 saturated carbocycles. The van der Waals surface area contributed by atoms with E-state index < -0.39 is 23.2 Å². The molecule has 2 aromatic heterocycles. The first-order valence-electron chi connectivity index (χ1n) is 8.38. The maximum atomic E-state index is 14.2. The first-order valence-corrected chi connectivity index (χ1v) is 8.76. The summed E-state index contributed by atoms with van der Waals surface area (Å²) in [7, 11) is 0. The van der Waals surface area contributed by atoms with Gasteiger partial charge in [-0.3, -0.25) is 4.79 Å². The van der Waals surface area contributed by atoms with Crippen LogP contribution in [0.5, 0.6) is 0 Å². The number of hydrogen-bond donors (Lipinski definition) is 1. The van der Waals surface area contributed by atoms with E-state index in [9.17, 15) is 18.4 Å². The SMILES string of the molecule is CCOC(=O)c1nn2cc(-c3cc(F)c(Cl)cc3F)[nH]c(=O)c2c1C1CC1. The van der Waals surface area contributed by atoms with Crippen molar-refractivity contribution in [1.29, 1.82) is 0 Å². The Morgan fingerprint density at radius 2 is 2.11 bits per heavy atom. The second-order valence-corrected chi connectivity index (χ2v) is 6.70. The number of fused-ring (bicyclic) bond motifs is 1. The molecule has 9 heteroatoms. The number of nitrogens with one attached hydrogen (secondary N) is 1. The minimum Gasteiger partial charge on any atom is -0.461 e. The van der Waals surface area contributed by atoms with E-state index in [-0.39, 0.29) is 40.0 Å². The van der Waals surface area contributed by atoms with Crippen molar-refractivity contribution in [2.75, 3.05) is 6.61 Å². The molecule has 1 fully saturated rings. The second kappa shape index (κ2) is 6.45. The number of aromatic amines is 1. The summed E-state index contributed by atoms with van der Waals surface area (Å²) < 4.78 is 34.2. The molecule has 3 aromatic rings. The largest absolute Gasteiger partial charge is 0.461 e. The number of nitrogens with zero attached hydrogens (tertiary/aromatic N) is 2. The average molecular weight is 394 g/mol. The molecule has 1 aromatic carbocycles. The number of carbonyl (C=O) groups is 1. The molecule has 0 saturated heterocycles. The van der Waals surface area contributed by atoms with Crippen molar-refractivity contribution in [3.63, 3.8) is 0 Å². The van der Waals surface area contributed by atoms with Gasteiger partial charge < -0.3 is 9.72 Å². The molecule has 4 rings (SSSR count). The summed E-state index contributed by atoms with van der Waals surface area (Å²) in [5, 5.41) is 3.83. The van der Waals surface area contributed by atoms with Gasteiger partial charge in [0.15, 0.2) is 5.69 Å². The number of rotatable bonds is 4. The van der Waals surface area contributed by atoms with Gasteiger partial charge in [-0.15, -0.1) is 0 Å². The average Bonchev–Trinajstić information content (AvgIpc) is 3.38. The number of ether oxygens (including phenoxy) is 1. The zero-order chi connectivity index (χ0) is 19.3. The van der Waals surface area contributed by atoms with Gasteiger partial charge in [0, 0.05) is 11.1 Å². The van der Waals surface area contributed by atoms with Gasteiger partial charge in [0.2, 0.25) is 0 Å². The van der Waals surface area contributed by atoms with Gasteiger partial charge in [0.25, 0.3) is 5.56 Å². The van der Waals surface area contributed by atoms with Crippen molar-refractivity contribution in [3.8, 4) is 11.3 Å². The van der Waals surface area contributed by atoms with E-state index >= 15 is 0 Å². The maximum Gasteiger partial charge on any atom is 0.359 e. The summed E-state index contributed by atoms with van der Waals surface area (Å²) in [6.07, 6.45) is 3.02. The number of benzene rings is 1. The Hall–Kier alpha value is -2.74. The number of carbonyl (C=O) groups excluding carboxylic acids is 1. The number of hydrogen-bond acceptors (Lipinski definition) is 4. The zero-order valence-corrected chi connectivity index (χ0v) is 14.9. The number of esters is 1. The minimum absolute atomic E-state index is 0.0147. The molecule has 2 heterocycles. The first kappa shape index (κ1) is 17.7. The molecule has 140 valence electrons. The normalized spacial score (nSPS) is 13.9. The van der Waals surface area contributed by atoms with Crippen LogP contribution < -0.4 is 5.56 Å². The van der Waals surface area contributed by atoms with Crippen LogP contribution in [0.2, 0.25) is 5.02 Å². The van der Waals surface area contributed by atoms with Crippen LogP contribution in [0.15, 0.2) is 23.1 Å². The van der Waals surface area contributed by atoms with Gasteiger partial charge in [0.05, 0.1) is 23.5 Å². The van der Waals surface area contributed by atoms with E-state index in [0.29, 0.717) is 5.56 Å². The third kappa shape index (κ3) is 2.99. The summed E-state index contributed by atoms with van der Waals surface area (Å²) in [5.74, 6) is -2.18. The highest BCUT2D eigenvalue weighted by Crippen LogP contribution is 2.43. The molecular weight excluding hydrogens is 380 g/mol. The Labute approximate surface area is 156 Å². The van der Waals surface area contributed by atoms with Crippen molar-refractivity contribution in [1.82, 2.24) is 14.6 Å². The summed E-state index contributed by atoms with van der Waals surface area (Å²) in [4.78, 5) is 27.5. The molecule has 6 nitrogen and oxygen atoms in total. The molecule has 0 atom stereocenters. The Morgan fingerprint density at radius 1 is 1.37 bits per heavy atom. The summed E-state index contributed by atoms with van der Waals surface area (Å²) >= 11 is 5.57. The Balaban J connectivity index is 1.94. The van der Waals surface area contributed by atoms with Gasteiger partial charge in [0.1, 0.15) is 17.2 Å². The standard InChI is InChI=1S/C18H14ClF2N3O3/c1-2-27-18(26)15-14(8-3-4-8)16-17(25)22-13(7-24(16)23-15)9-5-12(21)10(19)6-11(9)20/h5-8H,2-4H2,1H3,(H,22,25). The topological polar surface area (TPSA) is 76.5 Å². The summed E-state index contributed by atoms with van der Waals surface area (Å²) in [6.45, 7) is 1.85. The van der Waals surface area contributed by atoms with E-state index in [1.807, 2.05) is 0 Å². The molecular formula is C18H14ClF2N3O3. The molecule has 0 bridgehead atoms. The highest BCUT2D eigenvalue weighted by atomic mass is 35.5. The van der Waals surface area contributed by atoms with Gasteiger partial charge >= 0.3 is 5.97 Å². The van der Waals surface area contributed by atoms with Crippen LogP contribution in [0.25, 0.3) is 16.8 Å². The fourth-order valence-corrected chi connectivity index (χ4v) is 3.23. The van der Waals surface area contributed by atoms with Gasteiger partial charge in [-0.25, -0.2) is 18.1 Å². The van der Waals surface area contributed by atoms with Crippen LogP contribution in [0.3, 0.4) is 0 Å². The lowest BCUT2D eigenvalue weighted by atomic mass is 10.1. The lowest BCUT2D eigenvalue weighted by molar-refractivity contribution is 0.0517. The first-order chi connectivity index (χ1) is 12.9. The molecule has 0 amide bonds. The van der Waals surface area contributed by atoms with Crippen LogP contribution in [0.1, 0.15) is 41.7 Å². The molecule has 1 N–H and O–H groups in total. The van der Waals surface area contributed by atoms with Gasteiger partial charge in [-0.1, -0.05) is 11.6 Å². The van der Waals surface area contributed by atoms with Crippen molar-refractivity contribution in [2.45, 2.75) is 25.7 Å². The van der Waals surface area contributed by atoms with Crippen molar-refractivity contribution < 1.29 is 18.3 Å². The number of halogens is 3. The Morgan fingerprint density at radius 3 is 2.78 bits per heavy atom. The minimum atomic E-state index is -0.819. The third-order valence-electron chi connectivity index (χ3n) is 4.42. The molecule has 1 aliphatic rings. The predicted octanol–water partition coefficient (Wildman–Crippen LogP) is 3.68. The van der Waals surface area contributed by atoms with E-state index in [4.69, 9.17) is 16.3 Å². The van der Waals surface area contributed by atoms with Crippen LogP contribution in [0.4, 0.5) is 8.78 Å². The van der Waals surface area contributed by atoms with E-state index in [0.717, 1.165) is 25.0 Å². The molecule has 0 spiro atoms. The fourth-order valence-electron chi connectivity index (χ4n) is 3.08. The van der Waals surface area contributed by atoms with E-state index in [1.165, 1.54) is 10.7 Å². The van der Waals surface area contributed by atoms with Crippen LogP contribution in [-0.4, -0.2) is 27.2 Å². The van der Waals surface area contributed by atoms with Crippen molar-refractivity contribution in [2.24, 2.45) is 0 Å². The molecule has 27 heavy (non-hydrogen) atoms. The molecule has 0 radical (unpaired) electrons. The Bertz CT molecular complexity index is 1140. The second-order valence-electron chi connectivity index (χ2n) is 6.29. The maximum absolute atomic E-state index is 14.2. The number of aromatic nitrogens is 3. The third-order valence-corrected chi connectivity index (χ3v) is 4.71. The summed E-state index contributed by atoms with van der Waals surface area (Å²) in [5.41, 5.74) is 0.109. The van der Waals surface area contributed by atoms with Crippen molar-refractivity contribution >= 4 is 23.1 Å². The zero-order valence-electron chi connectivity index (χ0n) is 14.2. The molecule has 0 aliphatic heterocycles. The smallest absolute Gasteiger partial charge is 0.359 e.